The van der Waals surface area contributed by atoms with Crippen LogP contribution in [0.15, 0.2) is 29.0 Å². The molecule has 1 aliphatic heterocycles. The zero-order valence-electron chi connectivity index (χ0n) is 15.0. The number of amides is 1. The van der Waals surface area contributed by atoms with Crippen LogP contribution in [0.2, 0.25) is 0 Å². The lowest BCUT2D eigenvalue weighted by Gasteiger charge is -2.38. The zero-order valence-corrected chi connectivity index (χ0v) is 15.0. The van der Waals surface area contributed by atoms with Crippen molar-refractivity contribution in [2.45, 2.75) is 39.8 Å². The molecule has 0 bridgehead atoms. The van der Waals surface area contributed by atoms with Crippen LogP contribution in [0.4, 0.5) is 0 Å². The summed E-state index contributed by atoms with van der Waals surface area (Å²) in [5.74, 6) is 0.961. The fourth-order valence-electron chi connectivity index (χ4n) is 3.08. The van der Waals surface area contributed by atoms with E-state index in [-0.39, 0.29) is 18.5 Å². The van der Waals surface area contributed by atoms with Crippen LogP contribution in [-0.2, 0) is 11.3 Å². The molecule has 8 nitrogen and oxygen atoms in total. The first-order valence-corrected chi connectivity index (χ1v) is 8.58. The van der Waals surface area contributed by atoms with Gasteiger partial charge in [-0.15, -0.1) is 0 Å². The molecule has 1 fully saturated rings. The van der Waals surface area contributed by atoms with E-state index in [1.54, 1.807) is 22.0 Å². The Morgan fingerprint density at radius 2 is 2.19 bits per heavy atom. The number of pyridine rings is 1. The van der Waals surface area contributed by atoms with Gasteiger partial charge >= 0.3 is 0 Å². The van der Waals surface area contributed by atoms with Crippen molar-refractivity contribution >= 4 is 5.91 Å². The molecule has 3 aromatic heterocycles. The molecule has 8 heteroatoms. The van der Waals surface area contributed by atoms with Crippen LogP contribution in [-0.4, -0.2) is 42.3 Å². The number of hydrogen-bond acceptors (Lipinski definition) is 6. The molecule has 0 N–H and O–H groups in total. The molecule has 0 radical (unpaired) electrons. The van der Waals surface area contributed by atoms with Crippen molar-refractivity contribution in [2.24, 2.45) is 0 Å². The molecule has 134 valence electrons. The monoisotopic (exact) mass is 352 g/mol. The third kappa shape index (κ3) is 2.77. The van der Waals surface area contributed by atoms with E-state index in [1.807, 2.05) is 32.9 Å². The van der Waals surface area contributed by atoms with Gasteiger partial charge in [0.1, 0.15) is 12.6 Å². The first-order chi connectivity index (χ1) is 12.5. The van der Waals surface area contributed by atoms with E-state index in [4.69, 9.17) is 4.52 Å². The van der Waals surface area contributed by atoms with Crippen LogP contribution >= 0.6 is 0 Å². The molecule has 1 atom stereocenters. The standard InChI is InChI=1S/C18H20N6O2/c1-11-12(2)21-24(13(11)3)10-16(25)23-8-6-15(23)18-20-17(22-26-18)14-5-4-7-19-9-14/h4-5,7,9,15H,6,8,10H2,1-3H3/t15-/m0/s1. The minimum atomic E-state index is -0.168. The van der Waals surface area contributed by atoms with E-state index in [9.17, 15) is 4.79 Å². The third-order valence-corrected chi connectivity index (χ3v) is 5.01. The van der Waals surface area contributed by atoms with Crippen molar-refractivity contribution in [2.75, 3.05) is 6.54 Å². The number of aryl methyl sites for hydroxylation is 1. The van der Waals surface area contributed by atoms with Gasteiger partial charge in [-0.05, 0) is 44.9 Å². The predicted octanol–water partition coefficient (Wildman–Crippen LogP) is 2.23. The molecule has 26 heavy (non-hydrogen) atoms. The average Bonchev–Trinajstić information content (AvgIpc) is 3.16. The molecule has 1 aliphatic rings. The molecule has 0 unspecified atom stereocenters. The molecular formula is C18H20N6O2. The average molecular weight is 352 g/mol. The SMILES string of the molecule is Cc1nn(CC(=O)N2CC[C@H]2c2nc(-c3cccnc3)no2)c(C)c1C. The van der Waals surface area contributed by atoms with Gasteiger partial charge in [0.15, 0.2) is 0 Å². The Labute approximate surface area is 150 Å². The third-order valence-electron chi connectivity index (χ3n) is 5.01. The molecule has 0 spiro atoms. The van der Waals surface area contributed by atoms with Gasteiger partial charge in [-0.3, -0.25) is 14.5 Å². The molecule has 4 heterocycles. The second kappa shape index (κ2) is 6.36. The van der Waals surface area contributed by atoms with Gasteiger partial charge in [-0.25, -0.2) is 0 Å². The minimum absolute atomic E-state index is 0.00739. The Balaban J connectivity index is 1.48. The van der Waals surface area contributed by atoms with E-state index in [0.717, 1.165) is 28.9 Å². The zero-order chi connectivity index (χ0) is 18.3. The summed E-state index contributed by atoms with van der Waals surface area (Å²) in [5.41, 5.74) is 3.88. The van der Waals surface area contributed by atoms with Crippen molar-refractivity contribution in [3.8, 4) is 11.4 Å². The van der Waals surface area contributed by atoms with Crippen molar-refractivity contribution in [3.63, 3.8) is 0 Å². The number of likely N-dealkylation sites (tertiary alicyclic amines) is 1. The topological polar surface area (TPSA) is 89.9 Å². The van der Waals surface area contributed by atoms with Gasteiger partial charge in [0, 0.05) is 30.2 Å². The Kier molecular flexibility index (Phi) is 4.02. The van der Waals surface area contributed by atoms with E-state index < -0.39 is 0 Å². The summed E-state index contributed by atoms with van der Waals surface area (Å²) in [5, 5.41) is 8.46. The molecule has 4 rings (SSSR count). The Bertz CT molecular complexity index is 946. The van der Waals surface area contributed by atoms with Gasteiger partial charge < -0.3 is 9.42 Å². The first-order valence-electron chi connectivity index (χ1n) is 8.58. The lowest BCUT2D eigenvalue weighted by atomic mass is 10.0. The highest BCUT2D eigenvalue weighted by molar-refractivity contribution is 5.77. The number of rotatable bonds is 4. The summed E-state index contributed by atoms with van der Waals surface area (Å²) in [7, 11) is 0. The largest absolute Gasteiger partial charge is 0.337 e. The summed E-state index contributed by atoms with van der Waals surface area (Å²) in [6.45, 7) is 6.86. The van der Waals surface area contributed by atoms with E-state index in [2.05, 4.69) is 20.2 Å². The van der Waals surface area contributed by atoms with Crippen LogP contribution in [0.3, 0.4) is 0 Å². The molecule has 0 saturated carbocycles. The van der Waals surface area contributed by atoms with Crippen LogP contribution in [0.1, 0.15) is 35.3 Å². The highest BCUT2D eigenvalue weighted by Crippen LogP contribution is 2.33. The van der Waals surface area contributed by atoms with Gasteiger partial charge in [0.05, 0.1) is 5.69 Å². The second-order valence-electron chi connectivity index (χ2n) is 6.54. The summed E-state index contributed by atoms with van der Waals surface area (Å²) in [4.78, 5) is 23.0. The number of aromatic nitrogens is 5. The predicted molar refractivity (Wildman–Crippen MR) is 93.0 cm³/mol. The second-order valence-corrected chi connectivity index (χ2v) is 6.54. The van der Waals surface area contributed by atoms with E-state index in [1.165, 1.54) is 0 Å². The minimum Gasteiger partial charge on any atom is -0.337 e. The first kappa shape index (κ1) is 16.4. The van der Waals surface area contributed by atoms with E-state index in [0.29, 0.717) is 18.3 Å². The highest BCUT2D eigenvalue weighted by atomic mass is 16.5. The maximum absolute atomic E-state index is 12.7. The fraction of sp³-hybridized carbons (Fsp3) is 0.389. The maximum atomic E-state index is 12.7. The van der Waals surface area contributed by atoms with Crippen LogP contribution in [0.5, 0.6) is 0 Å². The lowest BCUT2D eigenvalue weighted by molar-refractivity contribution is -0.141. The molecule has 1 amide bonds. The van der Waals surface area contributed by atoms with Crippen molar-refractivity contribution in [1.29, 1.82) is 0 Å². The lowest BCUT2D eigenvalue weighted by Crippen LogP contribution is -2.46. The van der Waals surface area contributed by atoms with Crippen molar-refractivity contribution < 1.29 is 9.32 Å². The number of hydrogen-bond donors (Lipinski definition) is 0. The Morgan fingerprint density at radius 3 is 2.81 bits per heavy atom. The van der Waals surface area contributed by atoms with Gasteiger partial charge in [-0.1, -0.05) is 5.16 Å². The molecular weight excluding hydrogens is 332 g/mol. The van der Waals surface area contributed by atoms with Crippen LogP contribution in [0, 0.1) is 20.8 Å². The molecule has 3 aromatic rings. The molecule has 0 aliphatic carbocycles. The molecule has 1 saturated heterocycles. The fourth-order valence-corrected chi connectivity index (χ4v) is 3.08. The highest BCUT2D eigenvalue weighted by Gasteiger charge is 2.37. The van der Waals surface area contributed by atoms with Gasteiger partial charge in [-0.2, -0.15) is 10.1 Å². The normalized spacial score (nSPS) is 16.6. The summed E-state index contributed by atoms with van der Waals surface area (Å²) in [6.07, 6.45) is 4.19. The Morgan fingerprint density at radius 1 is 1.35 bits per heavy atom. The van der Waals surface area contributed by atoms with Gasteiger partial charge in [0.2, 0.25) is 17.6 Å². The summed E-state index contributed by atoms with van der Waals surface area (Å²) >= 11 is 0. The quantitative estimate of drug-likeness (QED) is 0.715. The Hall–Kier alpha value is -3.03. The smallest absolute Gasteiger partial charge is 0.249 e. The molecule has 0 aromatic carbocycles. The van der Waals surface area contributed by atoms with Crippen LogP contribution in [0.25, 0.3) is 11.4 Å². The van der Waals surface area contributed by atoms with Gasteiger partial charge in [0.25, 0.3) is 0 Å². The maximum Gasteiger partial charge on any atom is 0.249 e. The number of carbonyl (C=O) groups excluding carboxylic acids is 1. The van der Waals surface area contributed by atoms with Crippen molar-refractivity contribution in [1.82, 2.24) is 29.8 Å². The number of carbonyl (C=O) groups is 1. The van der Waals surface area contributed by atoms with Crippen LogP contribution < -0.4 is 0 Å². The summed E-state index contributed by atoms with van der Waals surface area (Å²) < 4.78 is 7.16. The number of nitrogens with zero attached hydrogens (tertiary/aromatic N) is 6. The summed E-state index contributed by atoms with van der Waals surface area (Å²) in [6, 6.07) is 3.52. The van der Waals surface area contributed by atoms with Crippen molar-refractivity contribution in [3.05, 3.63) is 47.4 Å². The van der Waals surface area contributed by atoms with E-state index >= 15 is 0 Å².